The number of carbonyl (C=O) groups is 1. The topological polar surface area (TPSA) is 99.6 Å². The third-order valence-corrected chi connectivity index (χ3v) is 5.11. The fourth-order valence-electron chi connectivity index (χ4n) is 1.42. The summed E-state index contributed by atoms with van der Waals surface area (Å²) in [4.78, 5) is 14.6. The van der Waals surface area contributed by atoms with Gasteiger partial charge in [0.05, 0.1) is 5.01 Å². The lowest BCUT2D eigenvalue weighted by atomic mass is 10.3. The lowest BCUT2D eigenvalue weighted by molar-refractivity contribution is 0.0691. The molecule has 0 aliphatic carbocycles. The number of carboxylic acids is 1. The zero-order chi connectivity index (χ0) is 15.2. The highest BCUT2D eigenvalue weighted by Crippen LogP contribution is 2.10. The van der Waals surface area contributed by atoms with Crippen LogP contribution in [0.5, 0.6) is 0 Å². The Labute approximate surface area is 122 Å². The van der Waals surface area contributed by atoms with Crippen LogP contribution in [0.4, 0.5) is 0 Å². The number of nitrogens with one attached hydrogen (secondary N) is 1. The first-order chi connectivity index (χ1) is 9.36. The quantitative estimate of drug-likeness (QED) is 0.705. The lowest BCUT2D eigenvalue weighted by Gasteiger charge is -2.16. The van der Waals surface area contributed by atoms with Crippen molar-refractivity contribution in [3.05, 3.63) is 16.1 Å². The maximum Gasteiger partial charge on any atom is 0.355 e. The first-order valence-corrected chi connectivity index (χ1v) is 8.57. The van der Waals surface area contributed by atoms with Gasteiger partial charge in [0, 0.05) is 31.9 Å². The van der Waals surface area contributed by atoms with Crippen LogP contribution in [0.25, 0.3) is 0 Å². The first kappa shape index (κ1) is 17.0. The second-order valence-electron chi connectivity index (χ2n) is 4.26. The average molecular weight is 321 g/mol. The molecule has 0 radical (unpaired) electrons. The molecule has 0 saturated carbocycles. The second-order valence-corrected chi connectivity index (χ2v) is 7.06. The van der Waals surface area contributed by atoms with Crippen molar-refractivity contribution in [2.45, 2.75) is 26.2 Å². The Morgan fingerprint density at radius 3 is 2.80 bits per heavy atom. The van der Waals surface area contributed by atoms with Gasteiger partial charge in [0.2, 0.25) is 0 Å². The Morgan fingerprint density at radius 1 is 1.55 bits per heavy atom. The monoisotopic (exact) mass is 321 g/mol. The first-order valence-electron chi connectivity index (χ1n) is 6.25. The van der Waals surface area contributed by atoms with Gasteiger partial charge >= 0.3 is 5.97 Å². The smallest absolute Gasteiger partial charge is 0.355 e. The van der Waals surface area contributed by atoms with Gasteiger partial charge in [0.25, 0.3) is 10.2 Å². The number of hydrogen-bond acceptors (Lipinski definition) is 5. The number of aromatic nitrogens is 1. The number of nitrogens with zero attached hydrogens (tertiary/aromatic N) is 2. The van der Waals surface area contributed by atoms with Gasteiger partial charge in [-0.1, -0.05) is 13.3 Å². The lowest BCUT2D eigenvalue weighted by Crippen LogP contribution is -2.39. The van der Waals surface area contributed by atoms with E-state index in [2.05, 4.69) is 9.71 Å². The molecule has 0 bridgehead atoms. The highest BCUT2D eigenvalue weighted by Gasteiger charge is 2.16. The minimum Gasteiger partial charge on any atom is -0.476 e. The molecule has 0 aliphatic rings. The van der Waals surface area contributed by atoms with Crippen LogP contribution in [0.2, 0.25) is 0 Å². The number of hydrogen-bond donors (Lipinski definition) is 2. The van der Waals surface area contributed by atoms with Crippen molar-refractivity contribution in [1.82, 2.24) is 14.0 Å². The van der Waals surface area contributed by atoms with Gasteiger partial charge in [-0.2, -0.15) is 12.7 Å². The molecule has 1 aromatic rings. The molecule has 1 rings (SSSR count). The summed E-state index contributed by atoms with van der Waals surface area (Å²) in [6.45, 7) is 2.67. The molecule has 0 spiro atoms. The standard InChI is InChI=1S/C11H19N3O4S2/c1-3-4-7-14(2)20(17,18)12-6-5-10-13-9(8-19-10)11(15)16/h8,12H,3-7H2,1-2H3,(H,15,16). The molecule has 1 aromatic heterocycles. The van der Waals surface area contributed by atoms with Crippen molar-refractivity contribution >= 4 is 27.5 Å². The molecule has 1 heterocycles. The van der Waals surface area contributed by atoms with E-state index in [-0.39, 0.29) is 12.2 Å². The van der Waals surface area contributed by atoms with Crippen LogP contribution in [0.15, 0.2) is 5.38 Å². The number of carboxylic acid groups (broad SMARTS) is 1. The van der Waals surface area contributed by atoms with E-state index in [1.807, 2.05) is 6.92 Å². The van der Waals surface area contributed by atoms with Gasteiger partial charge in [-0.3, -0.25) is 0 Å². The molecule has 0 aromatic carbocycles. The molecule has 114 valence electrons. The van der Waals surface area contributed by atoms with Gasteiger partial charge < -0.3 is 5.11 Å². The molecular formula is C11H19N3O4S2. The minimum absolute atomic E-state index is 0.00655. The Kier molecular flexibility index (Phi) is 6.53. The van der Waals surface area contributed by atoms with Gasteiger partial charge in [-0.25, -0.2) is 14.5 Å². The highest BCUT2D eigenvalue weighted by atomic mass is 32.2. The second kappa shape index (κ2) is 7.67. The predicted octanol–water partition coefficient (Wildman–Crippen LogP) is 0.950. The maximum absolute atomic E-state index is 11.8. The van der Waals surface area contributed by atoms with Crippen LogP contribution < -0.4 is 4.72 Å². The van der Waals surface area contributed by atoms with Crippen LogP contribution >= 0.6 is 11.3 Å². The molecule has 7 nitrogen and oxygen atoms in total. The van der Waals surface area contributed by atoms with Gasteiger partial charge in [-0.05, 0) is 6.42 Å². The summed E-state index contributed by atoms with van der Waals surface area (Å²) in [5.74, 6) is -1.08. The zero-order valence-electron chi connectivity index (χ0n) is 11.5. The Bertz CT molecular complexity index is 542. The van der Waals surface area contributed by atoms with Crippen LogP contribution in [-0.4, -0.2) is 48.9 Å². The summed E-state index contributed by atoms with van der Waals surface area (Å²) >= 11 is 1.21. The van der Waals surface area contributed by atoms with Gasteiger partial charge in [-0.15, -0.1) is 11.3 Å². The average Bonchev–Trinajstić information content (AvgIpc) is 2.84. The zero-order valence-corrected chi connectivity index (χ0v) is 13.1. The van der Waals surface area contributed by atoms with E-state index < -0.39 is 16.2 Å². The van der Waals surface area contributed by atoms with Crippen LogP contribution in [-0.2, 0) is 16.6 Å². The van der Waals surface area contributed by atoms with E-state index in [9.17, 15) is 13.2 Å². The highest BCUT2D eigenvalue weighted by molar-refractivity contribution is 7.87. The molecule has 0 saturated heterocycles. The summed E-state index contributed by atoms with van der Waals surface area (Å²) < 4.78 is 27.4. The molecule has 0 fully saturated rings. The molecule has 0 atom stereocenters. The largest absolute Gasteiger partial charge is 0.476 e. The summed E-state index contributed by atoms with van der Waals surface area (Å²) in [6.07, 6.45) is 2.11. The summed E-state index contributed by atoms with van der Waals surface area (Å²) in [6, 6.07) is 0. The van der Waals surface area contributed by atoms with E-state index >= 15 is 0 Å². The maximum atomic E-state index is 11.8. The summed E-state index contributed by atoms with van der Waals surface area (Å²) in [7, 11) is -1.94. The molecule has 2 N–H and O–H groups in total. The summed E-state index contributed by atoms with van der Waals surface area (Å²) in [5, 5.41) is 10.8. The minimum atomic E-state index is -3.47. The molecule has 0 aliphatic heterocycles. The Balaban J connectivity index is 2.44. The molecule has 0 unspecified atom stereocenters. The predicted molar refractivity (Wildman–Crippen MR) is 77.2 cm³/mol. The van der Waals surface area contributed by atoms with Gasteiger partial charge in [0.1, 0.15) is 0 Å². The SMILES string of the molecule is CCCCN(C)S(=O)(=O)NCCc1nc(C(=O)O)cs1. The third kappa shape index (κ3) is 5.16. The Hall–Kier alpha value is -1.03. The molecule has 9 heteroatoms. The molecular weight excluding hydrogens is 302 g/mol. The van der Waals surface area contributed by atoms with Crippen molar-refractivity contribution in [2.24, 2.45) is 0 Å². The van der Waals surface area contributed by atoms with E-state index in [1.165, 1.54) is 28.1 Å². The number of thiazole rings is 1. The van der Waals surface area contributed by atoms with Crippen molar-refractivity contribution in [3.8, 4) is 0 Å². The summed E-state index contributed by atoms with van der Waals surface area (Å²) in [5.41, 5.74) is -0.00655. The van der Waals surface area contributed by atoms with E-state index in [0.717, 1.165) is 12.8 Å². The number of aromatic carboxylic acids is 1. The molecule has 20 heavy (non-hydrogen) atoms. The van der Waals surface area contributed by atoms with Crippen LogP contribution in [0, 0.1) is 0 Å². The normalized spacial score (nSPS) is 11.9. The van der Waals surface area contributed by atoms with Crippen molar-refractivity contribution in [3.63, 3.8) is 0 Å². The van der Waals surface area contributed by atoms with Crippen molar-refractivity contribution in [2.75, 3.05) is 20.1 Å². The van der Waals surface area contributed by atoms with Crippen molar-refractivity contribution < 1.29 is 18.3 Å². The number of rotatable bonds is 9. The fourth-order valence-corrected chi connectivity index (χ4v) is 3.14. The fraction of sp³-hybridized carbons (Fsp3) is 0.636. The van der Waals surface area contributed by atoms with Crippen LogP contribution in [0.1, 0.15) is 35.3 Å². The van der Waals surface area contributed by atoms with E-state index in [0.29, 0.717) is 18.0 Å². The van der Waals surface area contributed by atoms with Gasteiger partial charge in [0.15, 0.2) is 5.69 Å². The van der Waals surface area contributed by atoms with E-state index in [1.54, 1.807) is 0 Å². The van der Waals surface area contributed by atoms with E-state index in [4.69, 9.17) is 5.11 Å². The van der Waals surface area contributed by atoms with Crippen molar-refractivity contribution in [1.29, 1.82) is 0 Å². The third-order valence-electron chi connectivity index (χ3n) is 2.63. The van der Waals surface area contributed by atoms with Crippen LogP contribution in [0.3, 0.4) is 0 Å². The number of unbranched alkanes of at least 4 members (excludes halogenated alkanes) is 1. The molecule has 0 amide bonds. The Morgan fingerprint density at radius 2 is 2.25 bits per heavy atom.